The third-order valence-electron chi connectivity index (χ3n) is 4.48. The van der Waals surface area contributed by atoms with E-state index < -0.39 is 5.97 Å². The monoisotopic (exact) mass is 483 g/mol. The van der Waals surface area contributed by atoms with Gasteiger partial charge in [0, 0.05) is 5.02 Å². The van der Waals surface area contributed by atoms with Crippen molar-refractivity contribution in [3.05, 3.63) is 81.8 Å². The Morgan fingerprint density at radius 2 is 1.67 bits per heavy atom. The van der Waals surface area contributed by atoms with Crippen LogP contribution in [0.1, 0.15) is 11.1 Å². The van der Waals surface area contributed by atoms with Gasteiger partial charge in [0.1, 0.15) is 11.5 Å². The van der Waals surface area contributed by atoms with E-state index in [4.69, 9.17) is 42.1 Å². The van der Waals surface area contributed by atoms with Crippen molar-refractivity contribution in [2.45, 2.75) is 0 Å². The lowest BCUT2D eigenvalue weighted by molar-refractivity contribution is -0.136. The molecule has 0 radical (unpaired) electrons. The van der Waals surface area contributed by atoms with E-state index in [1.807, 2.05) is 0 Å². The summed E-state index contributed by atoms with van der Waals surface area (Å²) in [6.07, 6.45) is 1.71. The topological polar surface area (TPSA) is 77.8 Å². The first-order valence-electron chi connectivity index (χ1n) is 9.66. The summed E-state index contributed by atoms with van der Waals surface area (Å²) < 4.78 is 21.3. The van der Waals surface area contributed by atoms with Gasteiger partial charge in [-0.1, -0.05) is 29.3 Å². The van der Waals surface area contributed by atoms with Gasteiger partial charge in [0.25, 0.3) is 0 Å². The molecule has 0 aliphatic heterocycles. The molecule has 0 amide bonds. The summed E-state index contributed by atoms with van der Waals surface area (Å²) in [5, 5.41) is 10.3. The van der Waals surface area contributed by atoms with Crippen LogP contribution in [-0.2, 0) is 4.79 Å². The molecule has 3 aromatic carbocycles. The molecule has 6 nitrogen and oxygen atoms in total. The fourth-order valence-corrected chi connectivity index (χ4v) is 3.32. The number of allylic oxidation sites excluding steroid dienone is 1. The molecule has 8 heteroatoms. The first-order valence-corrected chi connectivity index (χ1v) is 10.4. The van der Waals surface area contributed by atoms with Crippen LogP contribution in [0.25, 0.3) is 11.6 Å². The molecule has 3 aromatic rings. The van der Waals surface area contributed by atoms with Crippen LogP contribution in [0, 0.1) is 11.3 Å². The van der Waals surface area contributed by atoms with Gasteiger partial charge >= 0.3 is 5.97 Å². The smallest absolute Gasteiger partial charge is 0.349 e. The normalized spacial score (nSPS) is 10.8. The van der Waals surface area contributed by atoms with Crippen LogP contribution in [0.3, 0.4) is 0 Å². The second-order valence-electron chi connectivity index (χ2n) is 6.65. The molecule has 0 aliphatic carbocycles. The maximum Gasteiger partial charge on any atom is 0.349 e. The summed E-state index contributed by atoms with van der Waals surface area (Å²) in [6.45, 7) is -0.359. The van der Waals surface area contributed by atoms with Crippen molar-refractivity contribution < 1.29 is 23.7 Å². The van der Waals surface area contributed by atoms with E-state index in [1.165, 1.54) is 13.2 Å². The molecule has 0 heterocycles. The molecular weight excluding hydrogens is 465 g/mol. The van der Waals surface area contributed by atoms with E-state index in [-0.39, 0.29) is 17.4 Å². The number of rotatable bonds is 8. The minimum absolute atomic E-state index is 0.216. The van der Waals surface area contributed by atoms with Crippen LogP contribution in [0.2, 0.25) is 10.0 Å². The average molecular weight is 484 g/mol. The molecule has 0 bridgehead atoms. The minimum atomic E-state index is -0.640. The quantitative estimate of drug-likeness (QED) is 0.167. The summed E-state index contributed by atoms with van der Waals surface area (Å²) in [6, 6.07) is 19.0. The Morgan fingerprint density at radius 3 is 2.30 bits per heavy atom. The van der Waals surface area contributed by atoms with Crippen LogP contribution in [0.15, 0.2) is 60.7 Å². The van der Waals surface area contributed by atoms with Crippen LogP contribution in [0.4, 0.5) is 0 Å². The Morgan fingerprint density at radius 1 is 0.939 bits per heavy atom. The number of nitriles is 1. The molecule has 0 spiro atoms. The van der Waals surface area contributed by atoms with Crippen molar-refractivity contribution in [1.82, 2.24) is 0 Å². The van der Waals surface area contributed by atoms with Gasteiger partial charge in [-0.15, -0.1) is 0 Å². The van der Waals surface area contributed by atoms with Crippen molar-refractivity contribution in [2.75, 3.05) is 20.8 Å². The van der Waals surface area contributed by atoms with Gasteiger partial charge in [-0.3, -0.25) is 0 Å². The van der Waals surface area contributed by atoms with Gasteiger partial charge < -0.3 is 18.9 Å². The SMILES string of the molecule is COc1ccc(/C(C#N)=C\c2ccc(OC(=O)COc3ccc(Cl)cc3Cl)c(OC)c2)cc1. The largest absolute Gasteiger partial charge is 0.497 e. The van der Waals surface area contributed by atoms with Crippen LogP contribution < -0.4 is 18.9 Å². The summed E-state index contributed by atoms with van der Waals surface area (Å²) in [5.41, 5.74) is 1.90. The van der Waals surface area contributed by atoms with Crippen molar-refractivity contribution in [2.24, 2.45) is 0 Å². The number of carbonyl (C=O) groups excluding carboxylic acids is 1. The highest BCUT2D eigenvalue weighted by atomic mass is 35.5. The number of ether oxygens (including phenoxy) is 4. The molecule has 3 rings (SSSR count). The van der Waals surface area contributed by atoms with Crippen LogP contribution >= 0.6 is 23.2 Å². The predicted molar refractivity (Wildman–Crippen MR) is 127 cm³/mol. The lowest BCUT2D eigenvalue weighted by atomic mass is 10.0. The van der Waals surface area contributed by atoms with Gasteiger partial charge in [0.05, 0.1) is 30.9 Å². The standard InChI is InChI=1S/C25H19Cl2NO5/c1-30-20-7-4-17(5-8-20)18(14-28)11-16-3-9-23(24(12-16)31-2)33-25(29)15-32-22-10-6-19(26)13-21(22)27/h3-13H,15H2,1-2H3/b18-11-. The van der Waals surface area contributed by atoms with Crippen molar-refractivity contribution >= 4 is 40.8 Å². The molecule has 0 aromatic heterocycles. The Balaban J connectivity index is 1.72. The maximum atomic E-state index is 12.2. The molecule has 0 fully saturated rings. The Labute approximate surface area is 201 Å². The number of hydrogen-bond acceptors (Lipinski definition) is 6. The van der Waals surface area contributed by atoms with E-state index >= 15 is 0 Å². The number of esters is 1. The molecule has 0 saturated heterocycles. The zero-order valence-electron chi connectivity index (χ0n) is 17.8. The first kappa shape index (κ1) is 24.0. The molecule has 0 aliphatic rings. The molecule has 33 heavy (non-hydrogen) atoms. The number of halogens is 2. The second-order valence-corrected chi connectivity index (χ2v) is 7.49. The summed E-state index contributed by atoms with van der Waals surface area (Å²) >= 11 is 11.9. The molecule has 0 unspecified atom stereocenters. The average Bonchev–Trinajstić information content (AvgIpc) is 2.82. The lowest BCUT2D eigenvalue weighted by Gasteiger charge is -2.11. The molecule has 0 saturated carbocycles. The van der Waals surface area contributed by atoms with E-state index in [1.54, 1.807) is 67.8 Å². The number of methoxy groups -OCH3 is 2. The fraction of sp³-hybridized carbons (Fsp3) is 0.120. The molecule has 0 atom stereocenters. The zero-order valence-corrected chi connectivity index (χ0v) is 19.3. The van der Waals surface area contributed by atoms with Crippen molar-refractivity contribution in [3.63, 3.8) is 0 Å². The van der Waals surface area contributed by atoms with Gasteiger partial charge in [-0.05, 0) is 71.8 Å². The number of nitrogens with zero attached hydrogens (tertiary/aromatic N) is 1. The highest BCUT2D eigenvalue weighted by molar-refractivity contribution is 6.35. The Hall–Kier alpha value is -3.66. The third kappa shape index (κ3) is 6.42. The van der Waals surface area contributed by atoms with Gasteiger partial charge in [0.15, 0.2) is 18.1 Å². The van der Waals surface area contributed by atoms with E-state index in [9.17, 15) is 10.1 Å². The number of carbonyl (C=O) groups is 1. The highest BCUT2D eigenvalue weighted by Crippen LogP contribution is 2.31. The molecular formula is C25H19Cl2NO5. The zero-order chi connectivity index (χ0) is 23.8. The lowest BCUT2D eigenvalue weighted by Crippen LogP contribution is -2.18. The van der Waals surface area contributed by atoms with Gasteiger partial charge in [0.2, 0.25) is 0 Å². The summed E-state index contributed by atoms with van der Waals surface area (Å²) in [7, 11) is 3.04. The first-order chi connectivity index (χ1) is 15.9. The van der Waals surface area contributed by atoms with Crippen LogP contribution in [0.5, 0.6) is 23.0 Å². The Bertz CT molecular complexity index is 1220. The van der Waals surface area contributed by atoms with Crippen molar-refractivity contribution in [3.8, 4) is 29.1 Å². The van der Waals surface area contributed by atoms with E-state index in [2.05, 4.69) is 6.07 Å². The number of benzene rings is 3. The number of hydrogen-bond donors (Lipinski definition) is 0. The minimum Gasteiger partial charge on any atom is -0.497 e. The highest BCUT2D eigenvalue weighted by Gasteiger charge is 2.13. The van der Waals surface area contributed by atoms with Gasteiger partial charge in [-0.25, -0.2) is 4.79 Å². The molecule has 0 N–H and O–H groups in total. The maximum absolute atomic E-state index is 12.2. The van der Waals surface area contributed by atoms with E-state index in [0.717, 1.165) is 5.56 Å². The van der Waals surface area contributed by atoms with Gasteiger partial charge in [-0.2, -0.15) is 5.26 Å². The summed E-state index contributed by atoms with van der Waals surface area (Å²) in [4.78, 5) is 12.2. The predicted octanol–water partition coefficient (Wildman–Crippen LogP) is 6.06. The third-order valence-corrected chi connectivity index (χ3v) is 5.01. The fourth-order valence-electron chi connectivity index (χ4n) is 2.86. The van der Waals surface area contributed by atoms with E-state index in [0.29, 0.717) is 33.4 Å². The summed E-state index contributed by atoms with van der Waals surface area (Å²) in [5.74, 6) is 0.917. The van der Waals surface area contributed by atoms with Crippen LogP contribution in [-0.4, -0.2) is 26.8 Å². The second kappa shape index (κ2) is 11.3. The van der Waals surface area contributed by atoms with Crippen molar-refractivity contribution in [1.29, 1.82) is 5.26 Å². The molecule has 168 valence electrons. The Kier molecular flexibility index (Phi) is 8.20.